The van der Waals surface area contributed by atoms with E-state index in [1.54, 1.807) is 7.11 Å². The maximum atomic E-state index is 6.11. The highest BCUT2D eigenvalue weighted by Gasteiger charge is 2.14. The second-order valence-electron chi connectivity index (χ2n) is 6.69. The summed E-state index contributed by atoms with van der Waals surface area (Å²) in [6.45, 7) is 4.55. The first-order valence-corrected chi connectivity index (χ1v) is 9.58. The minimum absolute atomic E-state index is 0. The van der Waals surface area contributed by atoms with E-state index in [1.807, 2.05) is 36.4 Å². The van der Waals surface area contributed by atoms with Crippen LogP contribution in [0.25, 0.3) is 0 Å². The number of hydrogen-bond acceptors (Lipinski definition) is 4. The Morgan fingerprint density at radius 3 is 2.46 bits per heavy atom. The fraction of sp³-hybridized carbons (Fsp3) is 0.429. The van der Waals surface area contributed by atoms with E-state index < -0.39 is 0 Å². The molecule has 0 spiro atoms. The molecule has 1 fully saturated rings. The van der Waals surface area contributed by atoms with Gasteiger partial charge in [0.05, 0.1) is 7.11 Å². The first-order chi connectivity index (χ1) is 12.8. The molecule has 0 amide bonds. The van der Waals surface area contributed by atoms with Crippen LogP contribution in [0.3, 0.4) is 0 Å². The van der Waals surface area contributed by atoms with Crippen LogP contribution in [0.1, 0.15) is 24.0 Å². The highest BCUT2D eigenvalue weighted by molar-refractivity contribution is 6.30. The molecule has 0 saturated carbocycles. The van der Waals surface area contributed by atoms with Gasteiger partial charge in [0.15, 0.2) is 11.5 Å². The standard InChI is InChI=1S/C21H27ClN2O2.2ClH/c1-25-20-4-2-3-18(14-24-13-16-9-11-23-12-10-16)21(20)26-15-17-5-7-19(22)8-6-17;;/h2-8,16,23-24H,9-15H2,1H3;2*1H/p-2. The molecule has 0 bridgehead atoms. The molecule has 1 heterocycles. The lowest BCUT2D eigenvalue weighted by atomic mass is 9.98. The Labute approximate surface area is 185 Å². The highest BCUT2D eigenvalue weighted by Crippen LogP contribution is 2.32. The molecule has 3 rings (SSSR count). The van der Waals surface area contributed by atoms with Gasteiger partial charge >= 0.3 is 0 Å². The molecule has 0 atom stereocenters. The number of rotatable bonds is 8. The van der Waals surface area contributed by atoms with Crippen LogP contribution in [0.4, 0.5) is 0 Å². The lowest BCUT2D eigenvalue weighted by molar-refractivity contribution is -0.001000. The molecule has 28 heavy (non-hydrogen) atoms. The van der Waals surface area contributed by atoms with Gasteiger partial charge in [0.1, 0.15) is 6.61 Å². The monoisotopic (exact) mass is 444 g/mol. The molecule has 7 heteroatoms. The van der Waals surface area contributed by atoms with Crippen molar-refractivity contribution in [2.75, 3.05) is 26.7 Å². The van der Waals surface area contributed by atoms with Crippen LogP contribution in [0.5, 0.6) is 11.5 Å². The van der Waals surface area contributed by atoms with Crippen LogP contribution in [0.15, 0.2) is 42.5 Å². The lowest BCUT2D eigenvalue weighted by Crippen LogP contribution is -3.00. The number of para-hydroxylation sites is 1. The minimum atomic E-state index is 0. The Balaban J connectivity index is 0.00000196. The first-order valence-electron chi connectivity index (χ1n) is 9.21. The van der Waals surface area contributed by atoms with Crippen molar-refractivity contribution in [1.82, 2.24) is 10.6 Å². The first kappa shape index (κ1) is 24.9. The normalized spacial score (nSPS) is 13.9. The summed E-state index contributed by atoms with van der Waals surface area (Å²) in [6.07, 6.45) is 2.48. The Bertz CT molecular complexity index is 693. The maximum absolute atomic E-state index is 6.11. The Morgan fingerprint density at radius 2 is 1.79 bits per heavy atom. The summed E-state index contributed by atoms with van der Waals surface area (Å²) in [7, 11) is 1.68. The molecule has 0 radical (unpaired) electrons. The van der Waals surface area contributed by atoms with E-state index in [-0.39, 0.29) is 24.8 Å². The molecule has 2 N–H and O–H groups in total. The molecule has 0 aromatic heterocycles. The number of ether oxygens (including phenoxy) is 2. The molecule has 0 aliphatic carbocycles. The largest absolute Gasteiger partial charge is 1.00 e. The van der Waals surface area contributed by atoms with Crippen molar-refractivity contribution in [3.8, 4) is 11.5 Å². The van der Waals surface area contributed by atoms with Crippen molar-refractivity contribution >= 4 is 11.6 Å². The summed E-state index contributed by atoms with van der Waals surface area (Å²) < 4.78 is 11.6. The van der Waals surface area contributed by atoms with E-state index in [2.05, 4.69) is 16.7 Å². The number of methoxy groups -OCH3 is 1. The zero-order chi connectivity index (χ0) is 18.2. The second kappa shape index (κ2) is 13.1. The number of halogens is 3. The van der Waals surface area contributed by atoms with Crippen LogP contribution in [0.2, 0.25) is 5.02 Å². The van der Waals surface area contributed by atoms with Crippen LogP contribution in [-0.2, 0) is 13.2 Å². The van der Waals surface area contributed by atoms with Crippen molar-refractivity contribution in [2.24, 2.45) is 5.92 Å². The van der Waals surface area contributed by atoms with E-state index in [0.717, 1.165) is 59.7 Å². The highest BCUT2D eigenvalue weighted by atomic mass is 35.5. The van der Waals surface area contributed by atoms with E-state index >= 15 is 0 Å². The average molecular weight is 446 g/mol. The number of hydrogen-bond donors (Lipinski definition) is 2. The molecule has 2 aromatic rings. The summed E-state index contributed by atoms with van der Waals surface area (Å²) in [5.74, 6) is 2.32. The number of benzene rings is 2. The van der Waals surface area contributed by atoms with Crippen molar-refractivity contribution in [3.05, 3.63) is 58.6 Å². The van der Waals surface area contributed by atoms with Gasteiger partial charge in [-0.3, -0.25) is 0 Å². The Kier molecular flexibility index (Phi) is 11.7. The molecule has 1 saturated heterocycles. The zero-order valence-electron chi connectivity index (χ0n) is 16.0. The lowest BCUT2D eigenvalue weighted by Gasteiger charge is -2.23. The van der Waals surface area contributed by atoms with Crippen LogP contribution in [0, 0.1) is 5.92 Å². The van der Waals surface area contributed by atoms with Gasteiger partial charge in [-0.25, -0.2) is 0 Å². The number of piperidine rings is 1. The van der Waals surface area contributed by atoms with E-state index in [4.69, 9.17) is 21.1 Å². The third kappa shape index (κ3) is 7.34. The molecular weight excluding hydrogens is 419 g/mol. The van der Waals surface area contributed by atoms with Gasteiger partial charge < -0.3 is 44.9 Å². The maximum Gasteiger partial charge on any atom is 0.166 e. The molecule has 1 aliphatic heterocycles. The Morgan fingerprint density at radius 1 is 1.07 bits per heavy atom. The molecule has 1 aliphatic rings. The van der Waals surface area contributed by atoms with Gasteiger partial charge in [-0.15, -0.1) is 0 Å². The van der Waals surface area contributed by atoms with E-state index in [0.29, 0.717) is 6.61 Å². The van der Waals surface area contributed by atoms with Gasteiger partial charge in [0.25, 0.3) is 0 Å². The SMILES string of the molecule is COc1cccc(CNCC2CCNCC2)c1OCc1ccc(Cl)cc1.[Cl-].[Cl-]. The van der Waals surface area contributed by atoms with E-state index in [1.165, 1.54) is 12.8 Å². The van der Waals surface area contributed by atoms with Crippen molar-refractivity contribution in [2.45, 2.75) is 26.0 Å². The molecule has 156 valence electrons. The smallest absolute Gasteiger partial charge is 0.166 e. The van der Waals surface area contributed by atoms with Crippen molar-refractivity contribution in [3.63, 3.8) is 0 Å². The molecule has 0 unspecified atom stereocenters. The third-order valence-electron chi connectivity index (χ3n) is 4.78. The summed E-state index contributed by atoms with van der Waals surface area (Å²) in [5, 5.41) is 7.73. The predicted octanol–water partition coefficient (Wildman–Crippen LogP) is -1.98. The van der Waals surface area contributed by atoms with Gasteiger partial charge in [0.2, 0.25) is 0 Å². The zero-order valence-corrected chi connectivity index (χ0v) is 18.3. The number of nitrogens with one attached hydrogen (secondary N) is 2. The quantitative estimate of drug-likeness (QED) is 0.495. The average Bonchev–Trinajstić information content (AvgIpc) is 2.69. The van der Waals surface area contributed by atoms with Crippen LogP contribution < -0.4 is 44.9 Å². The fourth-order valence-electron chi connectivity index (χ4n) is 3.26. The molecule has 4 nitrogen and oxygen atoms in total. The van der Waals surface area contributed by atoms with E-state index in [9.17, 15) is 0 Å². The second-order valence-corrected chi connectivity index (χ2v) is 7.12. The fourth-order valence-corrected chi connectivity index (χ4v) is 3.38. The van der Waals surface area contributed by atoms with Gasteiger partial charge in [-0.1, -0.05) is 35.9 Å². The minimum Gasteiger partial charge on any atom is -1.00 e. The predicted molar refractivity (Wildman–Crippen MR) is 106 cm³/mol. The van der Waals surface area contributed by atoms with Crippen molar-refractivity contribution < 1.29 is 34.3 Å². The third-order valence-corrected chi connectivity index (χ3v) is 5.04. The van der Waals surface area contributed by atoms with Crippen molar-refractivity contribution in [1.29, 1.82) is 0 Å². The van der Waals surface area contributed by atoms with Crippen LogP contribution >= 0.6 is 11.6 Å². The van der Waals surface area contributed by atoms with Gasteiger partial charge in [-0.2, -0.15) is 0 Å². The molecular formula is C21H27Cl3N2O2-2. The summed E-state index contributed by atoms with van der Waals surface area (Å²) in [6, 6.07) is 13.8. The summed E-state index contributed by atoms with van der Waals surface area (Å²) in [5.41, 5.74) is 2.20. The van der Waals surface area contributed by atoms with Gasteiger partial charge in [-0.05, 0) is 62.2 Å². The summed E-state index contributed by atoms with van der Waals surface area (Å²) >= 11 is 5.95. The molecule has 2 aromatic carbocycles. The topological polar surface area (TPSA) is 42.5 Å². The van der Waals surface area contributed by atoms with Gasteiger partial charge in [0, 0.05) is 17.1 Å². The summed E-state index contributed by atoms with van der Waals surface area (Å²) in [4.78, 5) is 0. The van der Waals surface area contributed by atoms with Crippen LogP contribution in [-0.4, -0.2) is 26.7 Å². The Hall–Kier alpha value is -1.17.